The molecule has 2 aromatic rings. The van der Waals surface area contributed by atoms with Gasteiger partial charge < -0.3 is 16.4 Å². The van der Waals surface area contributed by atoms with Gasteiger partial charge in [-0.2, -0.15) is 0 Å². The lowest BCUT2D eigenvalue weighted by molar-refractivity contribution is 0.503. The number of rotatable bonds is 1. The van der Waals surface area contributed by atoms with Gasteiger partial charge in [0.25, 0.3) is 0 Å². The predicted molar refractivity (Wildman–Crippen MR) is 71.2 cm³/mol. The molecule has 1 fully saturated rings. The monoisotopic (exact) mass is 244 g/mol. The zero-order valence-corrected chi connectivity index (χ0v) is 10.1. The van der Waals surface area contributed by atoms with Crippen molar-refractivity contribution in [2.45, 2.75) is 18.9 Å². The number of nitrogens with two attached hydrogens (primary N) is 2. The Bertz CT molecular complexity index is 569. The molecule has 0 bridgehead atoms. The first kappa shape index (κ1) is 11.2. The maximum atomic E-state index is 5.99. The van der Waals surface area contributed by atoms with Crippen LogP contribution in [0.15, 0.2) is 18.5 Å². The molecule has 0 radical (unpaired) electrons. The molecule has 2 aromatic heterocycles. The van der Waals surface area contributed by atoms with Gasteiger partial charge in [-0.25, -0.2) is 15.0 Å². The number of hydrogen-bond donors (Lipinski definition) is 2. The Labute approximate surface area is 105 Å². The number of pyridine rings is 1. The largest absolute Gasteiger partial charge is 0.382 e. The Balaban J connectivity index is 1.99. The maximum absolute atomic E-state index is 5.99. The summed E-state index contributed by atoms with van der Waals surface area (Å²) in [6, 6.07) is 4.11. The minimum Gasteiger partial charge on any atom is -0.382 e. The fourth-order valence-corrected chi connectivity index (χ4v) is 2.34. The van der Waals surface area contributed by atoms with Crippen LogP contribution in [0.1, 0.15) is 12.8 Å². The van der Waals surface area contributed by atoms with Crippen LogP contribution in [0.4, 0.5) is 11.6 Å². The molecule has 94 valence electrons. The molecule has 0 amide bonds. The maximum Gasteiger partial charge on any atom is 0.153 e. The van der Waals surface area contributed by atoms with Crippen LogP contribution >= 0.6 is 0 Å². The normalized spacial score (nSPS) is 20.3. The minimum absolute atomic E-state index is 0.223. The van der Waals surface area contributed by atoms with Gasteiger partial charge >= 0.3 is 0 Å². The van der Waals surface area contributed by atoms with Crippen LogP contribution in [0, 0.1) is 0 Å². The van der Waals surface area contributed by atoms with E-state index >= 15 is 0 Å². The Kier molecular flexibility index (Phi) is 2.71. The van der Waals surface area contributed by atoms with Gasteiger partial charge in [-0.05, 0) is 25.0 Å². The number of nitrogens with zero attached hydrogens (tertiary/aromatic N) is 4. The molecule has 1 aliphatic rings. The third-order valence-corrected chi connectivity index (χ3v) is 3.28. The summed E-state index contributed by atoms with van der Waals surface area (Å²) in [5.74, 6) is 1.32. The van der Waals surface area contributed by atoms with E-state index in [1.54, 1.807) is 0 Å². The van der Waals surface area contributed by atoms with Crippen molar-refractivity contribution in [3.05, 3.63) is 18.5 Å². The van der Waals surface area contributed by atoms with Gasteiger partial charge in [0.15, 0.2) is 5.82 Å². The number of aromatic nitrogens is 3. The van der Waals surface area contributed by atoms with Gasteiger partial charge in [0.1, 0.15) is 17.7 Å². The Hall–Kier alpha value is -1.95. The molecule has 6 nitrogen and oxygen atoms in total. The molecule has 0 aromatic carbocycles. The molecule has 1 aliphatic heterocycles. The van der Waals surface area contributed by atoms with Crippen molar-refractivity contribution in [2.75, 3.05) is 23.7 Å². The van der Waals surface area contributed by atoms with Crippen molar-refractivity contribution in [2.24, 2.45) is 5.73 Å². The highest BCUT2D eigenvalue weighted by Crippen LogP contribution is 2.21. The molecule has 0 aliphatic carbocycles. The number of nitrogen functional groups attached to an aromatic ring is 1. The molecule has 6 heteroatoms. The molecule has 18 heavy (non-hydrogen) atoms. The fourth-order valence-electron chi connectivity index (χ4n) is 2.34. The van der Waals surface area contributed by atoms with E-state index < -0.39 is 0 Å². The summed E-state index contributed by atoms with van der Waals surface area (Å²) in [6.07, 6.45) is 3.63. The van der Waals surface area contributed by atoms with Crippen LogP contribution in [0.2, 0.25) is 0 Å². The van der Waals surface area contributed by atoms with E-state index in [1.165, 1.54) is 6.33 Å². The van der Waals surface area contributed by atoms with E-state index in [4.69, 9.17) is 11.5 Å². The highest BCUT2D eigenvalue weighted by molar-refractivity contribution is 5.84. The second kappa shape index (κ2) is 4.38. The van der Waals surface area contributed by atoms with Crippen molar-refractivity contribution < 1.29 is 0 Å². The van der Waals surface area contributed by atoms with E-state index in [9.17, 15) is 0 Å². The standard InChI is InChI=1S/C12H16N6/c13-8-2-1-5-18(6-8)10-4-3-9-11(17-10)12(14)16-7-15-9/h3-4,7-8H,1-2,5-6,13H2,(H2,14,15,16)/t8-/m1/s1. The number of anilines is 2. The lowest BCUT2D eigenvalue weighted by atomic mass is 10.1. The predicted octanol–water partition coefficient (Wildman–Crippen LogP) is 0.535. The summed E-state index contributed by atoms with van der Waals surface area (Å²) >= 11 is 0. The van der Waals surface area contributed by atoms with Crippen molar-refractivity contribution in [1.82, 2.24) is 15.0 Å². The van der Waals surface area contributed by atoms with E-state index in [0.717, 1.165) is 37.3 Å². The van der Waals surface area contributed by atoms with E-state index in [2.05, 4.69) is 19.9 Å². The quantitative estimate of drug-likeness (QED) is 0.760. The molecule has 0 spiro atoms. The lowest BCUT2D eigenvalue weighted by Gasteiger charge is -2.31. The Morgan fingerprint density at radius 2 is 2.17 bits per heavy atom. The highest BCUT2D eigenvalue weighted by Gasteiger charge is 2.18. The van der Waals surface area contributed by atoms with Crippen LogP contribution in [-0.2, 0) is 0 Å². The molecule has 4 N–H and O–H groups in total. The first-order chi connectivity index (χ1) is 8.74. The third-order valence-electron chi connectivity index (χ3n) is 3.28. The van der Waals surface area contributed by atoms with E-state index in [-0.39, 0.29) is 6.04 Å². The van der Waals surface area contributed by atoms with Crippen LogP contribution in [0.25, 0.3) is 11.0 Å². The molecule has 1 saturated heterocycles. The topological polar surface area (TPSA) is 94.0 Å². The van der Waals surface area contributed by atoms with Crippen molar-refractivity contribution in [3.63, 3.8) is 0 Å². The highest BCUT2D eigenvalue weighted by atomic mass is 15.2. The van der Waals surface area contributed by atoms with E-state index in [1.807, 2.05) is 12.1 Å². The van der Waals surface area contributed by atoms with Crippen molar-refractivity contribution >= 4 is 22.7 Å². The summed E-state index contributed by atoms with van der Waals surface area (Å²) < 4.78 is 0. The Morgan fingerprint density at radius 3 is 3.00 bits per heavy atom. The summed E-state index contributed by atoms with van der Waals surface area (Å²) in [5.41, 5.74) is 13.2. The number of hydrogen-bond acceptors (Lipinski definition) is 6. The molecule has 0 unspecified atom stereocenters. The molecule has 3 rings (SSSR count). The van der Waals surface area contributed by atoms with Crippen LogP contribution in [-0.4, -0.2) is 34.1 Å². The van der Waals surface area contributed by atoms with Gasteiger partial charge in [0, 0.05) is 19.1 Å². The zero-order valence-electron chi connectivity index (χ0n) is 10.1. The van der Waals surface area contributed by atoms with Crippen LogP contribution < -0.4 is 16.4 Å². The van der Waals surface area contributed by atoms with Gasteiger partial charge in [-0.15, -0.1) is 0 Å². The fraction of sp³-hybridized carbons (Fsp3) is 0.417. The molecule has 0 saturated carbocycles. The molecule has 3 heterocycles. The molecular formula is C12H16N6. The second-order valence-electron chi connectivity index (χ2n) is 4.64. The first-order valence-electron chi connectivity index (χ1n) is 6.12. The zero-order chi connectivity index (χ0) is 12.5. The average molecular weight is 244 g/mol. The smallest absolute Gasteiger partial charge is 0.153 e. The molecular weight excluding hydrogens is 228 g/mol. The first-order valence-corrected chi connectivity index (χ1v) is 6.12. The van der Waals surface area contributed by atoms with Gasteiger partial charge in [-0.1, -0.05) is 0 Å². The van der Waals surface area contributed by atoms with Gasteiger partial charge in [0.05, 0.1) is 5.52 Å². The van der Waals surface area contributed by atoms with Gasteiger partial charge in [0.2, 0.25) is 0 Å². The van der Waals surface area contributed by atoms with Crippen LogP contribution in [0.3, 0.4) is 0 Å². The summed E-state index contributed by atoms with van der Waals surface area (Å²) in [5, 5.41) is 0. The van der Waals surface area contributed by atoms with Gasteiger partial charge in [-0.3, -0.25) is 0 Å². The molecule has 1 atom stereocenters. The average Bonchev–Trinajstić information content (AvgIpc) is 2.39. The number of fused-ring (bicyclic) bond motifs is 1. The van der Waals surface area contributed by atoms with Crippen LogP contribution in [0.5, 0.6) is 0 Å². The second-order valence-corrected chi connectivity index (χ2v) is 4.64. The SMILES string of the molecule is Nc1ncnc2ccc(N3CCC[C@@H](N)C3)nc12. The number of piperidine rings is 1. The summed E-state index contributed by atoms with van der Waals surface area (Å²) in [6.45, 7) is 1.83. The minimum atomic E-state index is 0.223. The third kappa shape index (κ3) is 1.95. The van der Waals surface area contributed by atoms with Crippen molar-refractivity contribution in [1.29, 1.82) is 0 Å². The summed E-state index contributed by atoms with van der Waals surface area (Å²) in [4.78, 5) is 14.9. The van der Waals surface area contributed by atoms with Crippen molar-refractivity contribution in [3.8, 4) is 0 Å². The Morgan fingerprint density at radius 1 is 1.28 bits per heavy atom. The summed E-state index contributed by atoms with van der Waals surface area (Å²) in [7, 11) is 0. The van der Waals surface area contributed by atoms with E-state index in [0.29, 0.717) is 11.3 Å². The lowest BCUT2D eigenvalue weighted by Crippen LogP contribution is -2.43.